The fraction of sp³-hybridized carbons (Fsp3) is 0.364. The van der Waals surface area contributed by atoms with Crippen molar-refractivity contribution in [3.63, 3.8) is 0 Å². The highest BCUT2D eigenvalue weighted by Gasteiger charge is 2.21. The van der Waals surface area contributed by atoms with Crippen LogP contribution < -0.4 is 4.90 Å². The van der Waals surface area contributed by atoms with Crippen molar-refractivity contribution in [1.29, 1.82) is 0 Å². The van der Waals surface area contributed by atoms with Crippen LogP contribution in [0.2, 0.25) is 5.02 Å². The fourth-order valence-corrected chi connectivity index (χ4v) is 1.73. The van der Waals surface area contributed by atoms with E-state index in [1.165, 1.54) is 30.2 Å². The van der Waals surface area contributed by atoms with Crippen molar-refractivity contribution in [2.75, 3.05) is 31.7 Å². The topological polar surface area (TPSA) is 92.9 Å². The molecule has 1 aromatic carbocycles. The maximum atomic E-state index is 11.0. The van der Waals surface area contributed by atoms with Crippen molar-refractivity contribution in [2.45, 2.75) is 0 Å². The highest BCUT2D eigenvalue weighted by atomic mass is 35.5. The number of nitrogens with zero attached hydrogens (tertiary/aromatic N) is 2. The van der Waals surface area contributed by atoms with Gasteiger partial charge in [0, 0.05) is 24.7 Å². The molecule has 1 aromatic rings. The van der Waals surface area contributed by atoms with E-state index in [1.54, 1.807) is 0 Å². The van der Waals surface area contributed by atoms with Gasteiger partial charge in [-0.2, -0.15) is 0 Å². The zero-order valence-electron chi connectivity index (χ0n) is 10.2. The van der Waals surface area contributed by atoms with Crippen LogP contribution in [-0.4, -0.2) is 42.8 Å². The molecule has 8 heteroatoms. The van der Waals surface area contributed by atoms with Crippen LogP contribution in [0, 0.1) is 10.1 Å². The molecule has 0 amide bonds. The summed E-state index contributed by atoms with van der Waals surface area (Å²) < 4.78 is 4.87. The number of anilines is 1. The monoisotopic (exact) mass is 288 g/mol. The molecule has 0 aromatic heterocycles. The molecule has 0 heterocycles. The number of carboxylic acid groups (broad SMARTS) is 1. The number of hydrogen-bond acceptors (Lipinski definition) is 5. The second-order valence-corrected chi connectivity index (χ2v) is 4.13. The lowest BCUT2D eigenvalue weighted by atomic mass is 10.2. The van der Waals surface area contributed by atoms with Crippen LogP contribution in [0.5, 0.6) is 0 Å². The average molecular weight is 289 g/mol. The number of nitro benzene ring substituents is 1. The third-order valence-electron chi connectivity index (χ3n) is 2.37. The molecule has 7 nitrogen and oxygen atoms in total. The number of hydrogen-bond donors (Lipinski definition) is 1. The first-order chi connectivity index (χ1) is 8.95. The Morgan fingerprint density at radius 1 is 1.58 bits per heavy atom. The molecule has 0 aliphatic rings. The molecule has 0 fully saturated rings. The molecule has 104 valence electrons. The molecule has 0 unspecified atom stereocenters. The Kier molecular flexibility index (Phi) is 5.53. The maximum absolute atomic E-state index is 11.0. The van der Waals surface area contributed by atoms with Crippen molar-refractivity contribution < 1.29 is 19.6 Å². The van der Waals surface area contributed by atoms with E-state index in [-0.39, 0.29) is 36.1 Å². The first-order valence-corrected chi connectivity index (χ1v) is 5.73. The van der Waals surface area contributed by atoms with Gasteiger partial charge in [-0.1, -0.05) is 11.6 Å². The highest BCUT2D eigenvalue weighted by molar-refractivity contribution is 6.30. The predicted molar refractivity (Wildman–Crippen MR) is 69.8 cm³/mol. The Labute approximate surface area is 114 Å². The largest absolute Gasteiger partial charge is 0.480 e. The zero-order valence-corrected chi connectivity index (χ0v) is 11.0. The van der Waals surface area contributed by atoms with Crippen LogP contribution in [0.4, 0.5) is 11.4 Å². The number of carboxylic acids is 1. The molecule has 0 aliphatic carbocycles. The second kappa shape index (κ2) is 6.91. The van der Waals surface area contributed by atoms with Gasteiger partial charge in [0.05, 0.1) is 11.5 Å². The number of ether oxygens (including phenoxy) is 1. The quantitative estimate of drug-likeness (QED) is 0.607. The first-order valence-electron chi connectivity index (χ1n) is 5.35. The summed E-state index contributed by atoms with van der Waals surface area (Å²) in [6, 6.07) is 4.10. The molecule has 0 saturated heterocycles. The molecule has 0 atom stereocenters. The van der Waals surface area contributed by atoms with Gasteiger partial charge in [-0.3, -0.25) is 14.9 Å². The fourth-order valence-electron chi connectivity index (χ4n) is 1.56. The standard InChI is InChI=1S/C11H13ClN2O5/c1-19-5-4-13(7-11(15)16)9-3-2-8(12)6-10(9)14(17)18/h2-3,6H,4-5,7H2,1H3,(H,15,16). The van der Waals surface area contributed by atoms with Crippen molar-refractivity contribution in [3.05, 3.63) is 33.3 Å². The van der Waals surface area contributed by atoms with E-state index >= 15 is 0 Å². The number of benzene rings is 1. The summed E-state index contributed by atoms with van der Waals surface area (Å²) in [7, 11) is 1.47. The maximum Gasteiger partial charge on any atom is 0.323 e. The van der Waals surface area contributed by atoms with Gasteiger partial charge in [0.15, 0.2) is 0 Å². The van der Waals surface area contributed by atoms with Crippen LogP contribution in [-0.2, 0) is 9.53 Å². The molecule has 19 heavy (non-hydrogen) atoms. The average Bonchev–Trinajstić information content (AvgIpc) is 2.34. The number of carbonyl (C=O) groups is 1. The van der Waals surface area contributed by atoms with Crippen molar-refractivity contribution >= 4 is 28.9 Å². The molecular weight excluding hydrogens is 276 g/mol. The number of methoxy groups -OCH3 is 1. The van der Waals surface area contributed by atoms with Gasteiger partial charge < -0.3 is 14.7 Å². The summed E-state index contributed by atoms with van der Waals surface area (Å²) in [5, 5.41) is 20.0. The number of nitro groups is 1. The summed E-state index contributed by atoms with van der Waals surface area (Å²) >= 11 is 5.71. The Bertz CT molecular complexity index is 480. The number of halogens is 1. The van der Waals surface area contributed by atoms with E-state index in [4.69, 9.17) is 21.4 Å². The minimum Gasteiger partial charge on any atom is -0.480 e. The van der Waals surface area contributed by atoms with Gasteiger partial charge in [0.2, 0.25) is 0 Å². The summed E-state index contributed by atoms with van der Waals surface area (Å²) in [4.78, 5) is 22.6. The van der Waals surface area contributed by atoms with E-state index < -0.39 is 10.9 Å². The van der Waals surface area contributed by atoms with Crippen molar-refractivity contribution in [3.8, 4) is 0 Å². The summed E-state index contributed by atoms with van der Waals surface area (Å²) in [5.74, 6) is -1.08. The molecule has 1 rings (SSSR count). The van der Waals surface area contributed by atoms with E-state index in [1.807, 2.05) is 0 Å². The summed E-state index contributed by atoms with van der Waals surface area (Å²) in [5.41, 5.74) is -0.0290. The minimum absolute atomic E-state index is 0.203. The Morgan fingerprint density at radius 2 is 2.26 bits per heavy atom. The Hall–Kier alpha value is -1.86. The number of rotatable bonds is 7. The highest BCUT2D eigenvalue weighted by Crippen LogP contribution is 2.30. The second-order valence-electron chi connectivity index (χ2n) is 3.70. The summed E-state index contributed by atoms with van der Waals surface area (Å²) in [6.45, 7) is 0.129. The Morgan fingerprint density at radius 3 is 2.79 bits per heavy atom. The predicted octanol–water partition coefficient (Wildman–Crippen LogP) is 1.79. The van der Waals surface area contributed by atoms with E-state index in [0.29, 0.717) is 0 Å². The third-order valence-corrected chi connectivity index (χ3v) is 2.60. The van der Waals surface area contributed by atoms with Crippen LogP contribution in [0.1, 0.15) is 0 Å². The van der Waals surface area contributed by atoms with Crippen molar-refractivity contribution in [1.82, 2.24) is 0 Å². The van der Waals surface area contributed by atoms with E-state index in [9.17, 15) is 14.9 Å². The Balaban J connectivity index is 3.12. The normalized spacial score (nSPS) is 10.2. The lowest BCUT2D eigenvalue weighted by Gasteiger charge is -2.22. The van der Waals surface area contributed by atoms with Gasteiger partial charge >= 0.3 is 5.97 Å². The smallest absolute Gasteiger partial charge is 0.323 e. The molecule has 0 saturated carbocycles. The van der Waals surface area contributed by atoms with Crippen molar-refractivity contribution in [2.24, 2.45) is 0 Å². The van der Waals surface area contributed by atoms with E-state index in [2.05, 4.69) is 0 Å². The molecule has 1 N–H and O–H groups in total. The zero-order chi connectivity index (χ0) is 14.4. The summed E-state index contributed by atoms with van der Waals surface area (Å²) in [6.07, 6.45) is 0. The van der Waals surface area contributed by atoms with Gasteiger partial charge in [0.1, 0.15) is 12.2 Å². The lowest BCUT2D eigenvalue weighted by molar-refractivity contribution is -0.384. The van der Waals surface area contributed by atoms with Gasteiger partial charge in [-0.25, -0.2) is 0 Å². The minimum atomic E-state index is -1.08. The molecular formula is C11H13ClN2O5. The van der Waals surface area contributed by atoms with Gasteiger partial charge in [-0.05, 0) is 12.1 Å². The lowest BCUT2D eigenvalue weighted by Crippen LogP contribution is -2.33. The SMILES string of the molecule is COCCN(CC(=O)O)c1ccc(Cl)cc1[N+](=O)[O-]. The van der Waals surface area contributed by atoms with Gasteiger partial charge in [0.25, 0.3) is 5.69 Å². The van der Waals surface area contributed by atoms with Crippen LogP contribution in [0.15, 0.2) is 18.2 Å². The first kappa shape index (κ1) is 15.2. The number of aliphatic carboxylic acids is 1. The molecule has 0 aliphatic heterocycles. The molecule has 0 spiro atoms. The molecule has 0 bridgehead atoms. The van der Waals surface area contributed by atoms with Gasteiger partial charge in [-0.15, -0.1) is 0 Å². The third kappa shape index (κ3) is 4.38. The van der Waals surface area contributed by atoms with Crippen LogP contribution in [0.3, 0.4) is 0 Å². The van der Waals surface area contributed by atoms with Crippen LogP contribution in [0.25, 0.3) is 0 Å². The van der Waals surface area contributed by atoms with E-state index in [0.717, 1.165) is 0 Å². The molecule has 0 radical (unpaired) electrons. The van der Waals surface area contributed by atoms with Crippen LogP contribution >= 0.6 is 11.6 Å².